The van der Waals surface area contributed by atoms with Crippen LogP contribution in [0.15, 0.2) is 17.0 Å². The molecular weight excluding hydrogens is 293 g/mol. The number of halogens is 1. The number of benzene rings is 1. The Bertz CT molecular complexity index is 547. The van der Waals surface area contributed by atoms with E-state index in [2.05, 4.69) is 4.72 Å². The van der Waals surface area contributed by atoms with Gasteiger partial charge in [-0.05, 0) is 63.8 Å². The van der Waals surface area contributed by atoms with Crippen molar-refractivity contribution in [3.63, 3.8) is 0 Å². The molecule has 0 spiro atoms. The van der Waals surface area contributed by atoms with E-state index in [1.165, 1.54) is 12.1 Å². The van der Waals surface area contributed by atoms with Crippen LogP contribution in [0.4, 0.5) is 4.39 Å². The molecule has 0 amide bonds. The normalized spacial score (nSPS) is 12.1. The van der Waals surface area contributed by atoms with Crippen LogP contribution in [0.3, 0.4) is 0 Å². The number of aryl methyl sites for hydroxylation is 2. The number of unbranched alkanes of at least 4 members (excludes halogenated alkanes) is 1. The Morgan fingerprint density at radius 3 is 2.29 bits per heavy atom. The van der Waals surface area contributed by atoms with E-state index in [1.54, 1.807) is 13.8 Å². The van der Waals surface area contributed by atoms with Crippen molar-refractivity contribution in [1.29, 1.82) is 0 Å². The van der Waals surface area contributed by atoms with E-state index in [-0.39, 0.29) is 11.0 Å². The van der Waals surface area contributed by atoms with Crippen molar-refractivity contribution >= 4 is 10.0 Å². The van der Waals surface area contributed by atoms with E-state index < -0.39 is 15.8 Å². The molecule has 0 aliphatic heterocycles. The van der Waals surface area contributed by atoms with Gasteiger partial charge in [0, 0.05) is 13.2 Å². The summed E-state index contributed by atoms with van der Waals surface area (Å²) in [7, 11) is -3.60. The van der Waals surface area contributed by atoms with E-state index >= 15 is 0 Å². The molecule has 1 aromatic rings. The molecule has 0 atom stereocenters. The third-order valence-corrected chi connectivity index (χ3v) is 4.77. The van der Waals surface area contributed by atoms with E-state index in [0.717, 1.165) is 6.42 Å². The molecule has 0 aliphatic rings. The summed E-state index contributed by atoms with van der Waals surface area (Å²) in [6.45, 7) is 8.09. The quantitative estimate of drug-likeness (QED) is 0.750. The van der Waals surface area contributed by atoms with Gasteiger partial charge in [-0.3, -0.25) is 0 Å². The summed E-state index contributed by atoms with van der Waals surface area (Å²) < 4.78 is 45.7. The van der Waals surface area contributed by atoms with Gasteiger partial charge >= 0.3 is 0 Å². The fraction of sp³-hybridized carbons (Fsp3) is 0.600. The van der Waals surface area contributed by atoms with Gasteiger partial charge in [0.1, 0.15) is 5.82 Å². The molecule has 6 heteroatoms. The minimum absolute atomic E-state index is 0.169. The van der Waals surface area contributed by atoms with Crippen molar-refractivity contribution in [3.05, 3.63) is 29.1 Å². The van der Waals surface area contributed by atoms with Crippen molar-refractivity contribution in [2.24, 2.45) is 0 Å². The highest BCUT2D eigenvalue weighted by Crippen LogP contribution is 2.21. The lowest BCUT2D eigenvalue weighted by atomic mass is 10.1. The first kappa shape index (κ1) is 18.1. The Kier molecular flexibility index (Phi) is 6.77. The lowest BCUT2D eigenvalue weighted by molar-refractivity contribution is 0.0762. The van der Waals surface area contributed by atoms with Gasteiger partial charge in [-0.15, -0.1) is 0 Å². The average molecular weight is 317 g/mol. The van der Waals surface area contributed by atoms with Gasteiger partial charge in [-0.2, -0.15) is 0 Å². The summed E-state index contributed by atoms with van der Waals surface area (Å²) in [5, 5.41) is 0. The van der Waals surface area contributed by atoms with Crippen molar-refractivity contribution in [2.45, 2.75) is 51.5 Å². The Morgan fingerprint density at radius 2 is 1.76 bits per heavy atom. The van der Waals surface area contributed by atoms with Crippen LogP contribution in [-0.4, -0.2) is 27.7 Å². The highest BCUT2D eigenvalue weighted by atomic mass is 32.2. The van der Waals surface area contributed by atoms with E-state index in [9.17, 15) is 12.8 Å². The molecule has 1 N–H and O–H groups in total. The fourth-order valence-corrected chi connectivity index (χ4v) is 3.67. The van der Waals surface area contributed by atoms with Gasteiger partial charge in [-0.1, -0.05) is 0 Å². The lowest BCUT2D eigenvalue weighted by Crippen LogP contribution is -2.26. The first-order valence-corrected chi connectivity index (χ1v) is 8.60. The fourth-order valence-electron chi connectivity index (χ4n) is 2.15. The Hall–Kier alpha value is -0.980. The second kappa shape index (κ2) is 7.87. The third kappa shape index (κ3) is 5.73. The van der Waals surface area contributed by atoms with Crippen LogP contribution >= 0.6 is 0 Å². The summed E-state index contributed by atoms with van der Waals surface area (Å²) in [5.74, 6) is -0.421. The van der Waals surface area contributed by atoms with Crippen LogP contribution in [0.25, 0.3) is 0 Å². The van der Waals surface area contributed by atoms with Crippen molar-refractivity contribution < 1.29 is 17.5 Å². The van der Waals surface area contributed by atoms with Crippen molar-refractivity contribution in [3.8, 4) is 0 Å². The smallest absolute Gasteiger partial charge is 0.241 e. The van der Waals surface area contributed by atoms with Gasteiger partial charge in [0.15, 0.2) is 0 Å². The number of rotatable bonds is 8. The second-order valence-electron chi connectivity index (χ2n) is 5.39. The summed E-state index contributed by atoms with van der Waals surface area (Å²) in [6.07, 6.45) is 1.68. The minimum Gasteiger partial charge on any atom is -0.379 e. The maximum atomic E-state index is 13.2. The maximum Gasteiger partial charge on any atom is 0.241 e. The summed E-state index contributed by atoms with van der Waals surface area (Å²) in [6, 6.07) is 2.47. The van der Waals surface area contributed by atoms with Gasteiger partial charge in [0.05, 0.1) is 11.0 Å². The standard InChI is InChI=1S/C15H24FNO3S/c1-11(2)20-8-6-5-7-17-21(18,19)15-12(3)9-14(16)10-13(15)4/h9-11,17H,5-8H2,1-4H3. The highest BCUT2D eigenvalue weighted by Gasteiger charge is 2.19. The number of sulfonamides is 1. The molecular formula is C15H24FNO3S. The average Bonchev–Trinajstić information content (AvgIpc) is 2.31. The zero-order valence-corrected chi connectivity index (χ0v) is 13.9. The van der Waals surface area contributed by atoms with E-state index in [0.29, 0.717) is 30.7 Å². The second-order valence-corrected chi connectivity index (χ2v) is 7.10. The highest BCUT2D eigenvalue weighted by molar-refractivity contribution is 7.89. The van der Waals surface area contributed by atoms with Crippen LogP contribution in [0.1, 0.15) is 37.8 Å². The number of ether oxygens (including phenoxy) is 1. The summed E-state index contributed by atoms with van der Waals surface area (Å²) >= 11 is 0. The molecule has 120 valence electrons. The largest absolute Gasteiger partial charge is 0.379 e. The van der Waals surface area contributed by atoms with Gasteiger partial charge in [-0.25, -0.2) is 17.5 Å². The van der Waals surface area contributed by atoms with Crippen LogP contribution < -0.4 is 4.72 Å². The molecule has 4 nitrogen and oxygen atoms in total. The minimum atomic E-state index is -3.60. The molecule has 0 radical (unpaired) electrons. The molecule has 0 unspecified atom stereocenters. The van der Waals surface area contributed by atoms with Crippen LogP contribution in [0.2, 0.25) is 0 Å². The molecule has 0 bridgehead atoms. The Morgan fingerprint density at radius 1 is 1.19 bits per heavy atom. The Balaban J connectivity index is 2.59. The third-order valence-electron chi connectivity index (χ3n) is 3.01. The first-order chi connectivity index (χ1) is 9.74. The molecule has 1 aromatic carbocycles. The van der Waals surface area contributed by atoms with Gasteiger partial charge < -0.3 is 4.74 Å². The number of hydrogen-bond acceptors (Lipinski definition) is 3. The number of nitrogens with one attached hydrogen (secondary N) is 1. The van der Waals surface area contributed by atoms with Crippen LogP contribution in [-0.2, 0) is 14.8 Å². The summed E-state index contributed by atoms with van der Waals surface area (Å²) in [5.41, 5.74) is 0.839. The van der Waals surface area contributed by atoms with Crippen LogP contribution in [0, 0.1) is 19.7 Å². The van der Waals surface area contributed by atoms with Gasteiger partial charge in [0.25, 0.3) is 0 Å². The van der Waals surface area contributed by atoms with Crippen LogP contribution in [0.5, 0.6) is 0 Å². The molecule has 0 saturated carbocycles. The van der Waals surface area contributed by atoms with Gasteiger partial charge in [0.2, 0.25) is 10.0 Å². The predicted octanol–water partition coefficient (Wildman–Crippen LogP) is 2.93. The first-order valence-electron chi connectivity index (χ1n) is 7.12. The SMILES string of the molecule is Cc1cc(F)cc(C)c1S(=O)(=O)NCCCCOC(C)C. The maximum absolute atomic E-state index is 13.2. The van der Waals surface area contributed by atoms with E-state index in [4.69, 9.17) is 4.74 Å². The number of hydrogen-bond donors (Lipinski definition) is 1. The predicted molar refractivity (Wildman–Crippen MR) is 81.4 cm³/mol. The molecule has 0 aromatic heterocycles. The monoisotopic (exact) mass is 317 g/mol. The molecule has 1 rings (SSSR count). The zero-order valence-electron chi connectivity index (χ0n) is 13.1. The molecule has 0 aliphatic carbocycles. The Labute approximate surface area is 126 Å². The van der Waals surface area contributed by atoms with Crippen molar-refractivity contribution in [2.75, 3.05) is 13.2 Å². The lowest BCUT2D eigenvalue weighted by Gasteiger charge is -2.12. The topological polar surface area (TPSA) is 55.4 Å². The molecule has 0 fully saturated rings. The zero-order chi connectivity index (χ0) is 16.0. The summed E-state index contributed by atoms with van der Waals surface area (Å²) in [4.78, 5) is 0.169. The van der Waals surface area contributed by atoms with E-state index in [1.807, 2.05) is 13.8 Å². The van der Waals surface area contributed by atoms with Crippen molar-refractivity contribution in [1.82, 2.24) is 4.72 Å². The molecule has 21 heavy (non-hydrogen) atoms. The molecule has 0 heterocycles. The molecule has 0 saturated heterocycles.